The van der Waals surface area contributed by atoms with Crippen molar-refractivity contribution < 1.29 is 9.72 Å². The number of hydrogen-bond donors (Lipinski definition) is 1. The van der Waals surface area contributed by atoms with Gasteiger partial charge in [0, 0.05) is 23.9 Å². The van der Waals surface area contributed by atoms with Gasteiger partial charge in [0.25, 0.3) is 5.69 Å². The molecule has 0 aliphatic heterocycles. The average Bonchev–Trinajstić information content (AvgIpc) is 2.44. The molecular weight excluding hydrogens is 282 g/mol. The molecule has 1 N–H and O–H groups in total. The first-order valence-corrected chi connectivity index (χ1v) is 6.63. The molecule has 22 heavy (non-hydrogen) atoms. The summed E-state index contributed by atoms with van der Waals surface area (Å²) in [5.41, 5.74) is 2.39. The van der Waals surface area contributed by atoms with Crippen LogP contribution in [-0.2, 0) is 4.79 Å². The van der Waals surface area contributed by atoms with Crippen molar-refractivity contribution in [3.05, 3.63) is 69.4 Å². The van der Waals surface area contributed by atoms with Crippen molar-refractivity contribution in [3.8, 4) is 0 Å². The van der Waals surface area contributed by atoms with E-state index in [2.05, 4.69) is 10.3 Å². The highest BCUT2D eigenvalue weighted by Gasteiger charge is 2.05. The van der Waals surface area contributed by atoms with Crippen molar-refractivity contribution in [3.63, 3.8) is 0 Å². The molecule has 0 bridgehead atoms. The number of nitro benzene ring substituents is 1. The van der Waals surface area contributed by atoms with Crippen LogP contribution in [0.4, 0.5) is 11.5 Å². The van der Waals surface area contributed by atoms with Gasteiger partial charge in [0.2, 0.25) is 5.91 Å². The summed E-state index contributed by atoms with van der Waals surface area (Å²) in [5.74, 6) is 0.134. The Kier molecular flexibility index (Phi) is 4.63. The van der Waals surface area contributed by atoms with Gasteiger partial charge in [-0.1, -0.05) is 12.1 Å². The van der Waals surface area contributed by atoms with E-state index in [9.17, 15) is 14.9 Å². The Morgan fingerprint density at radius 1 is 1.27 bits per heavy atom. The average molecular weight is 297 g/mol. The molecule has 0 radical (unpaired) electrons. The number of nitro groups is 1. The van der Waals surface area contributed by atoms with E-state index in [0.29, 0.717) is 11.4 Å². The summed E-state index contributed by atoms with van der Waals surface area (Å²) in [5, 5.41) is 13.4. The summed E-state index contributed by atoms with van der Waals surface area (Å²) in [6, 6.07) is 9.74. The second-order valence-electron chi connectivity index (χ2n) is 4.85. The molecular formula is C16H15N3O3. The van der Waals surface area contributed by atoms with Gasteiger partial charge in [0.15, 0.2) is 0 Å². The van der Waals surface area contributed by atoms with Gasteiger partial charge in [-0.15, -0.1) is 0 Å². The number of aromatic nitrogens is 1. The minimum absolute atomic E-state index is 0.0152. The zero-order chi connectivity index (χ0) is 16.1. The number of aryl methyl sites for hydroxylation is 2. The molecule has 1 heterocycles. The number of anilines is 1. The van der Waals surface area contributed by atoms with Crippen LogP contribution >= 0.6 is 0 Å². The van der Waals surface area contributed by atoms with Gasteiger partial charge in [0.05, 0.1) is 4.92 Å². The normalized spacial score (nSPS) is 10.6. The Balaban J connectivity index is 2.08. The molecule has 0 fully saturated rings. The minimum atomic E-state index is -0.475. The van der Waals surface area contributed by atoms with Gasteiger partial charge in [-0.2, -0.15) is 0 Å². The van der Waals surface area contributed by atoms with Gasteiger partial charge in [-0.3, -0.25) is 14.9 Å². The monoisotopic (exact) mass is 297 g/mol. The van der Waals surface area contributed by atoms with E-state index in [0.717, 1.165) is 11.3 Å². The number of nitrogens with zero attached hydrogens (tertiary/aromatic N) is 2. The maximum Gasteiger partial charge on any atom is 0.270 e. The first-order valence-electron chi connectivity index (χ1n) is 6.63. The SMILES string of the molecule is Cc1cc(C)nc(NC(=O)C=Cc2cccc([N+](=O)[O-])c2)c1. The highest BCUT2D eigenvalue weighted by atomic mass is 16.6. The Hall–Kier alpha value is -3.02. The number of carbonyl (C=O) groups excluding carboxylic acids is 1. The maximum absolute atomic E-state index is 11.9. The fraction of sp³-hybridized carbons (Fsp3) is 0.125. The molecule has 1 aromatic heterocycles. The van der Waals surface area contributed by atoms with E-state index in [1.54, 1.807) is 18.2 Å². The number of non-ortho nitro benzene ring substituents is 1. The number of rotatable bonds is 4. The fourth-order valence-electron chi connectivity index (χ4n) is 1.99. The molecule has 0 spiro atoms. The molecule has 2 aromatic rings. The van der Waals surface area contributed by atoms with Crippen LogP contribution in [0, 0.1) is 24.0 Å². The summed E-state index contributed by atoms with van der Waals surface area (Å²) in [6.45, 7) is 3.77. The lowest BCUT2D eigenvalue weighted by Gasteiger charge is -2.04. The Morgan fingerprint density at radius 2 is 2.05 bits per heavy atom. The van der Waals surface area contributed by atoms with Crippen molar-refractivity contribution in [2.75, 3.05) is 5.32 Å². The second-order valence-corrected chi connectivity index (χ2v) is 4.85. The van der Waals surface area contributed by atoms with Crippen LogP contribution in [0.5, 0.6) is 0 Å². The van der Waals surface area contributed by atoms with Crippen molar-refractivity contribution in [1.82, 2.24) is 4.98 Å². The Morgan fingerprint density at radius 3 is 2.73 bits per heavy atom. The topological polar surface area (TPSA) is 85.1 Å². The van der Waals surface area contributed by atoms with Crippen LogP contribution in [0.25, 0.3) is 6.08 Å². The van der Waals surface area contributed by atoms with Crippen LogP contribution in [0.1, 0.15) is 16.8 Å². The zero-order valence-electron chi connectivity index (χ0n) is 12.2. The molecule has 0 aliphatic rings. The summed E-state index contributed by atoms with van der Waals surface area (Å²) in [6.07, 6.45) is 2.84. The molecule has 0 aliphatic carbocycles. The molecule has 0 saturated heterocycles. The minimum Gasteiger partial charge on any atom is -0.307 e. The van der Waals surface area contributed by atoms with E-state index < -0.39 is 4.92 Å². The first-order chi connectivity index (χ1) is 10.4. The van der Waals surface area contributed by atoms with Crippen LogP contribution in [0.15, 0.2) is 42.5 Å². The van der Waals surface area contributed by atoms with E-state index in [-0.39, 0.29) is 11.6 Å². The summed E-state index contributed by atoms with van der Waals surface area (Å²) in [7, 11) is 0. The van der Waals surface area contributed by atoms with E-state index in [4.69, 9.17) is 0 Å². The largest absolute Gasteiger partial charge is 0.307 e. The Labute approximate surface area is 127 Å². The molecule has 0 atom stereocenters. The van der Waals surface area contributed by atoms with Crippen LogP contribution in [0.3, 0.4) is 0 Å². The molecule has 6 nitrogen and oxygen atoms in total. The van der Waals surface area contributed by atoms with Gasteiger partial charge in [-0.05, 0) is 43.2 Å². The standard InChI is InChI=1S/C16H15N3O3/c1-11-8-12(2)17-15(9-11)18-16(20)7-6-13-4-3-5-14(10-13)19(21)22/h3-10H,1-2H3,(H,17,18,20). The number of carbonyl (C=O) groups is 1. The number of pyridine rings is 1. The van der Waals surface area contributed by atoms with Gasteiger partial charge < -0.3 is 5.32 Å². The number of amides is 1. The third kappa shape index (κ3) is 4.24. The van der Waals surface area contributed by atoms with Gasteiger partial charge in [0.1, 0.15) is 5.82 Å². The molecule has 2 rings (SSSR count). The van der Waals surface area contributed by atoms with Gasteiger partial charge in [-0.25, -0.2) is 4.98 Å². The smallest absolute Gasteiger partial charge is 0.270 e. The molecule has 0 saturated carbocycles. The third-order valence-electron chi connectivity index (χ3n) is 2.86. The predicted octanol–water partition coefficient (Wildman–Crippen LogP) is 3.26. The molecule has 1 amide bonds. The lowest BCUT2D eigenvalue weighted by molar-refractivity contribution is -0.384. The predicted molar refractivity (Wildman–Crippen MR) is 84.5 cm³/mol. The van der Waals surface area contributed by atoms with Crippen LogP contribution in [-0.4, -0.2) is 15.8 Å². The quantitative estimate of drug-likeness (QED) is 0.533. The van der Waals surface area contributed by atoms with E-state index >= 15 is 0 Å². The highest BCUT2D eigenvalue weighted by molar-refractivity contribution is 6.01. The number of hydrogen-bond acceptors (Lipinski definition) is 4. The van der Waals surface area contributed by atoms with Crippen molar-refractivity contribution >= 4 is 23.5 Å². The van der Waals surface area contributed by atoms with E-state index in [1.165, 1.54) is 24.3 Å². The molecule has 0 unspecified atom stereocenters. The first kappa shape index (κ1) is 15.4. The Bertz CT molecular complexity index is 734. The third-order valence-corrected chi connectivity index (χ3v) is 2.86. The second kappa shape index (κ2) is 6.62. The summed E-state index contributed by atoms with van der Waals surface area (Å²) < 4.78 is 0. The zero-order valence-corrected chi connectivity index (χ0v) is 12.2. The molecule has 112 valence electrons. The lowest BCUT2D eigenvalue weighted by atomic mass is 10.2. The summed E-state index contributed by atoms with van der Waals surface area (Å²) >= 11 is 0. The van der Waals surface area contributed by atoms with Crippen molar-refractivity contribution in [1.29, 1.82) is 0 Å². The highest BCUT2D eigenvalue weighted by Crippen LogP contribution is 2.14. The fourth-order valence-corrected chi connectivity index (χ4v) is 1.99. The molecule has 6 heteroatoms. The number of nitrogens with one attached hydrogen (secondary N) is 1. The lowest BCUT2D eigenvalue weighted by Crippen LogP contribution is -2.09. The van der Waals surface area contributed by atoms with Crippen LogP contribution < -0.4 is 5.32 Å². The van der Waals surface area contributed by atoms with Gasteiger partial charge >= 0.3 is 0 Å². The van der Waals surface area contributed by atoms with E-state index in [1.807, 2.05) is 19.9 Å². The molecule has 1 aromatic carbocycles. The van der Waals surface area contributed by atoms with Crippen molar-refractivity contribution in [2.24, 2.45) is 0 Å². The summed E-state index contributed by atoms with van der Waals surface area (Å²) in [4.78, 5) is 26.3. The maximum atomic E-state index is 11.9. The van der Waals surface area contributed by atoms with Crippen LogP contribution in [0.2, 0.25) is 0 Å². The van der Waals surface area contributed by atoms with Crippen molar-refractivity contribution in [2.45, 2.75) is 13.8 Å². The number of benzene rings is 1.